The standard InChI is InChI=1S/C15H10N4.C8H6IN3.C7H5N.C5H4FN.C3H3IN2/c1-3-10-16-13(5-1)7-8-14-9-12-19(18-14)15-6-2-4-11-17-15;9-7-4-6-12(11-7)8-3-1-2-5-10-8;1-2-7-5-3-4-6-8-7;6-5-3-1-2-4-7-5;4-3-1-2-5-6-3/h1-6,9-12H;1-6H;1,3-6H;1-4H;1-2H,(H,5,6). The highest BCUT2D eigenvalue weighted by Gasteiger charge is 1.99. The first-order valence-corrected chi connectivity index (χ1v) is 17.3. The molecule has 0 aromatic carbocycles. The molecule has 0 saturated heterocycles. The smallest absolute Gasteiger partial charge is 0.212 e. The molecule has 0 saturated carbocycles. The number of hydrogen-bond donors (Lipinski definition) is 1. The molecule has 8 rings (SSSR count). The van der Waals surface area contributed by atoms with Crippen LogP contribution in [0.4, 0.5) is 4.39 Å². The van der Waals surface area contributed by atoms with Crippen molar-refractivity contribution in [3.8, 4) is 35.8 Å². The lowest BCUT2D eigenvalue weighted by atomic mass is 10.3. The zero-order valence-electron chi connectivity index (χ0n) is 27.2. The molecule has 0 amide bonds. The molecule has 0 bridgehead atoms. The summed E-state index contributed by atoms with van der Waals surface area (Å²) in [6.07, 6.45) is 18.8. The Labute approximate surface area is 327 Å². The fourth-order valence-electron chi connectivity index (χ4n) is 3.52. The molecule has 8 heterocycles. The van der Waals surface area contributed by atoms with E-state index >= 15 is 0 Å². The van der Waals surface area contributed by atoms with E-state index in [4.69, 9.17) is 6.42 Å². The van der Waals surface area contributed by atoms with E-state index in [-0.39, 0.29) is 0 Å². The van der Waals surface area contributed by atoms with Crippen molar-refractivity contribution in [2.45, 2.75) is 0 Å². The predicted octanol–water partition coefficient (Wildman–Crippen LogP) is 7.23. The number of nitrogens with zero attached hydrogens (tertiary/aromatic N) is 10. The Morgan fingerprint density at radius 3 is 1.46 bits per heavy atom. The summed E-state index contributed by atoms with van der Waals surface area (Å²) in [7, 11) is 0. The first kappa shape index (κ1) is 38.7. The topological polar surface area (TPSA) is 129 Å². The third-order valence-electron chi connectivity index (χ3n) is 5.81. The van der Waals surface area contributed by atoms with Crippen LogP contribution in [0.25, 0.3) is 11.6 Å². The highest BCUT2D eigenvalue weighted by molar-refractivity contribution is 14.1. The first-order valence-electron chi connectivity index (χ1n) is 15.1. The third kappa shape index (κ3) is 14.8. The number of rotatable bonds is 2. The van der Waals surface area contributed by atoms with Crippen LogP contribution in [0.15, 0.2) is 159 Å². The van der Waals surface area contributed by atoms with Gasteiger partial charge in [-0.05, 0) is 136 Å². The highest BCUT2D eigenvalue weighted by atomic mass is 127. The van der Waals surface area contributed by atoms with E-state index in [2.05, 4.69) is 108 Å². The van der Waals surface area contributed by atoms with E-state index in [9.17, 15) is 4.39 Å². The van der Waals surface area contributed by atoms with Crippen LogP contribution in [0, 0.1) is 37.5 Å². The fraction of sp³-hybridized carbons (Fsp3) is 0. The molecule has 0 aliphatic heterocycles. The summed E-state index contributed by atoms with van der Waals surface area (Å²) in [5.74, 6) is 9.55. The molecular formula is C38H28FI2N11. The molecular weight excluding hydrogens is 883 g/mol. The van der Waals surface area contributed by atoms with E-state index in [1.54, 1.807) is 58.5 Å². The van der Waals surface area contributed by atoms with E-state index < -0.39 is 5.95 Å². The summed E-state index contributed by atoms with van der Waals surface area (Å²) in [5, 5.41) is 15.0. The van der Waals surface area contributed by atoms with Crippen molar-refractivity contribution in [3.05, 3.63) is 189 Å². The predicted molar refractivity (Wildman–Crippen MR) is 213 cm³/mol. The number of hydrogen-bond acceptors (Lipinski definition) is 8. The van der Waals surface area contributed by atoms with Crippen LogP contribution in [-0.2, 0) is 0 Å². The number of nitrogens with one attached hydrogen (secondary N) is 1. The molecule has 8 aromatic rings. The van der Waals surface area contributed by atoms with Gasteiger partial charge < -0.3 is 0 Å². The van der Waals surface area contributed by atoms with Gasteiger partial charge in [-0.25, -0.2) is 34.3 Å². The van der Waals surface area contributed by atoms with Gasteiger partial charge in [-0.15, -0.1) is 6.42 Å². The van der Waals surface area contributed by atoms with Gasteiger partial charge in [0.05, 0.1) is 3.70 Å². The number of H-pyrrole nitrogens is 1. The maximum absolute atomic E-state index is 11.8. The Kier molecular flexibility index (Phi) is 16.8. The van der Waals surface area contributed by atoms with Gasteiger partial charge in [-0.2, -0.15) is 19.7 Å². The monoisotopic (exact) mass is 911 g/mol. The van der Waals surface area contributed by atoms with Gasteiger partial charge >= 0.3 is 0 Å². The number of aromatic nitrogens is 11. The summed E-state index contributed by atoms with van der Waals surface area (Å²) < 4.78 is 17.3. The molecule has 14 heteroatoms. The van der Waals surface area contributed by atoms with Gasteiger partial charge in [-0.1, -0.05) is 36.3 Å². The average Bonchev–Trinajstić information content (AvgIpc) is 4.00. The molecule has 0 aliphatic rings. The Morgan fingerprint density at radius 1 is 0.538 bits per heavy atom. The lowest BCUT2D eigenvalue weighted by Gasteiger charge is -1.96. The quantitative estimate of drug-likeness (QED) is 0.109. The van der Waals surface area contributed by atoms with Gasteiger partial charge in [0.1, 0.15) is 20.8 Å². The Hall–Kier alpha value is -6.11. The van der Waals surface area contributed by atoms with Crippen LogP contribution in [0.3, 0.4) is 0 Å². The fourth-order valence-corrected chi connectivity index (χ4v) is 4.21. The van der Waals surface area contributed by atoms with Gasteiger partial charge in [0, 0.05) is 49.6 Å². The first-order chi connectivity index (χ1) is 25.5. The van der Waals surface area contributed by atoms with Crippen LogP contribution in [0.1, 0.15) is 17.1 Å². The van der Waals surface area contributed by atoms with Crippen LogP contribution >= 0.6 is 45.2 Å². The van der Waals surface area contributed by atoms with Gasteiger partial charge in [0.2, 0.25) is 5.95 Å². The third-order valence-corrected chi connectivity index (χ3v) is 6.98. The van der Waals surface area contributed by atoms with Gasteiger partial charge in [-0.3, -0.25) is 5.10 Å². The van der Waals surface area contributed by atoms with E-state index in [1.165, 1.54) is 12.3 Å². The van der Waals surface area contributed by atoms with Crippen molar-refractivity contribution in [2.24, 2.45) is 0 Å². The van der Waals surface area contributed by atoms with Gasteiger partial charge in [0.25, 0.3) is 0 Å². The molecule has 52 heavy (non-hydrogen) atoms. The summed E-state index contributed by atoms with van der Waals surface area (Å²) in [4.78, 5) is 19.7. The zero-order valence-corrected chi connectivity index (χ0v) is 31.5. The number of terminal acetylenes is 1. The number of aromatic amines is 1. The van der Waals surface area contributed by atoms with Crippen molar-refractivity contribution < 1.29 is 4.39 Å². The SMILES string of the molecule is C#Cc1ccccn1.C(#Cc1ccn(-c2ccccn2)n1)c1ccccn1.Fc1ccccn1.Ic1ccn(-c2ccccn2)n1.Ic1ccn[nH]1. The second kappa shape index (κ2) is 22.6. The van der Waals surface area contributed by atoms with Crippen molar-refractivity contribution in [1.82, 2.24) is 54.7 Å². The van der Waals surface area contributed by atoms with Crippen molar-refractivity contribution in [1.29, 1.82) is 0 Å². The maximum Gasteiger partial charge on any atom is 0.212 e. The molecule has 0 spiro atoms. The molecule has 8 aromatic heterocycles. The highest BCUT2D eigenvalue weighted by Crippen LogP contribution is 2.05. The van der Waals surface area contributed by atoms with Crippen LogP contribution in [0.2, 0.25) is 0 Å². The van der Waals surface area contributed by atoms with Crippen LogP contribution in [-0.4, -0.2) is 54.7 Å². The molecule has 0 aliphatic carbocycles. The number of pyridine rings is 5. The normalized spacial score (nSPS) is 9.27. The molecule has 0 fully saturated rings. The van der Waals surface area contributed by atoms with E-state index in [0.29, 0.717) is 11.4 Å². The van der Waals surface area contributed by atoms with Gasteiger partial charge in [0.15, 0.2) is 11.6 Å². The number of halogens is 3. The molecule has 0 unspecified atom stereocenters. The largest absolute Gasteiger partial charge is 0.272 e. The van der Waals surface area contributed by atoms with Crippen LogP contribution in [0.5, 0.6) is 0 Å². The molecule has 256 valence electrons. The molecule has 0 atom stereocenters. The minimum Gasteiger partial charge on any atom is -0.272 e. The Balaban J connectivity index is 0.000000157. The summed E-state index contributed by atoms with van der Waals surface area (Å²) >= 11 is 4.32. The minimum absolute atomic E-state index is 0.428. The van der Waals surface area contributed by atoms with Crippen molar-refractivity contribution >= 4 is 45.2 Å². The molecule has 0 radical (unpaired) electrons. The second-order valence-electron chi connectivity index (χ2n) is 9.49. The lowest BCUT2D eigenvalue weighted by molar-refractivity contribution is 0.584. The van der Waals surface area contributed by atoms with E-state index in [0.717, 1.165) is 24.7 Å². The molecule has 1 N–H and O–H groups in total. The minimum atomic E-state index is -0.428. The molecule has 11 nitrogen and oxygen atoms in total. The lowest BCUT2D eigenvalue weighted by Crippen LogP contribution is -1.97. The summed E-state index contributed by atoms with van der Waals surface area (Å²) in [5.41, 5.74) is 2.11. The second-order valence-corrected chi connectivity index (χ2v) is 11.8. The van der Waals surface area contributed by atoms with Crippen molar-refractivity contribution in [3.63, 3.8) is 0 Å². The average molecular weight is 912 g/mol. The summed E-state index contributed by atoms with van der Waals surface area (Å²) in [6, 6.07) is 32.8. The van der Waals surface area contributed by atoms with Crippen LogP contribution < -0.4 is 0 Å². The van der Waals surface area contributed by atoms with E-state index in [1.807, 2.05) is 97.3 Å². The summed E-state index contributed by atoms with van der Waals surface area (Å²) in [6.45, 7) is 0. The zero-order chi connectivity index (χ0) is 36.6. The Morgan fingerprint density at radius 2 is 1.08 bits per heavy atom. The maximum atomic E-state index is 11.8. The van der Waals surface area contributed by atoms with Crippen molar-refractivity contribution in [2.75, 3.05) is 0 Å². The Bertz CT molecular complexity index is 2230.